The van der Waals surface area contributed by atoms with Gasteiger partial charge in [-0.2, -0.15) is 0 Å². The van der Waals surface area contributed by atoms with Gasteiger partial charge in [0.15, 0.2) is 0 Å². The molecule has 6 heteroatoms. The second-order valence-electron chi connectivity index (χ2n) is 8.06. The molecular weight excluding hydrogens is 444 g/mol. The summed E-state index contributed by atoms with van der Waals surface area (Å²) in [5.74, 6) is -1.20. The molecule has 0 aliphatic rings. The fourth-order valence-corrected chi connectivity index (χ4v) is 3.96. The zero-order chi connectivity index (χ0) is 24.8. The van der Waals surface area contributed by atoms with Crippen LogP contribution < -0.4 is 0 Å². The lowest BCUT2D eigenvalue weighted by atomic mass is 9.80. The number of ether oxygens (including phenoxy) is 3. The van der Waals surface area contributed by atoms with E-state index < -0.39 is 11.6 Å². The summed E-state index contributed by atoms with van der Waals surface area (Å²) in [5.41, 5.74) is 2.27. The fraction of sp³-hybridized carbons (Fsp3) is 0.310. The first-order valence-corrected chi connectivity index (χ1v) is 11.9. The Morgan fingerprint density at radius 1 is 0.629 bits per heavy atom. The predicted molar refractivity (Wildman–Crippen MR) is 133 cm³/mol. The Hall–Kier alpha value is -3.48. The van der Waals surface area contributed by atoms with Gasteiger partial charge in [-0.3, -0.25) is 9.59 Å². The average molecular weight is 477 g/mol. The van der Waals surface area contributed by atoms with Crippen LogP contribution in [-0.2, 0) is 29.4 Å². The summed E-state index contributed by atoms with van der Waals surface area (Å²) in [7, 11) is 0. The molecule has 0 saturated carbocycles. The third-order valence-corrected chi connectivity index (χ3v) is 5.60. The number of carboxylic acids is 1. The molecule has 0 amide bonds. The summed E-state index contributed by atoms with van der Waals surface area (Å²) in [6.07, 6.45) is 1.24. The minimum absolute atomic E-state index is 0.0623. The summed E-state index contributed by atoms with van der Waals surface area (Å²) in [6.45, 7) is 1.09. The quantitative estimate of drug-likeness (QED) is 0.184. The largest absolute Gasteiger partial charge is 0.481 e. The van der Waals surface area contributed by atoms with Gasteiger partial charge in [0.1, 0.15) is 12.2 Å². The zero-order valence-electron chi connectivity index (χ0n) is 19.8. The number of unbranched alkanes of at least 4 members (excludes halogenated alkanes) is 1. The zero-order valence-corrected chi connectivity index (χ0v) is 19.8. The number of esters is 1. The maximum atomic E-state index is 11.7. The molecule has 0 fully saturated rings. The first-order chi connectivity index (χ1) is 17.1. The Bertz CT molecular complexity index is 924. The summed E-state index contributed by atoms with van der Waals surface area (Å²) in [4.78, 5) is 22.2. The van der Waals surface area contributed by atoms with Gasteiger partial charge in [-0.05, 0) is 29.5 Å². The second kappa shape index (κ2) is 14.0. The summed E-state index contributed by atoms with van der Waals surface area (Å²) < 4.78 is 17.4. The van der Waals surface area contributed by atoms with E-state index in [9.17, 15) is 9.59 Å². The second-order valence-corrected chi connectivity index (χ2v) is 8.06. The predicted octanol–water partition coefficient (Wildman–Crippen LogP) is 5.20. The van der Waals surface area contributed by atoms with Crippen LogP contribution >= 0.6 is 0 Å². The molecule has 0 aliphatic heterocycles. The van der Waals surface area contributed by atoms with Crippen LogP contribution in [0.4, 0.5) is 0 Å². The van der Waals surface area contributed by atoms with Crippen molar-refractivity contribution in [2.75, 3.05) is 26.4 Å². The van der Waals surface area contributed by atoms with Crippen LogP contribution in [0.3, 0.4) is 0 Å². The van der Waals surface area contributed by atoms with Crippen molar-refractivity contribution in [1.29, 1.82) is 0 Å². The molecule has 0 heterocycles. The Balaban J connectivity index is 1.57. The highest BCUT2D eigenvalue weighted by atomic mass is 16.6. The van der Waals surface area contributed by atoms with E-state index in [0.29, 0.717) is 26.1 Å². The molecule has 0 saturated heterocycles. The lowest BCUT2D eigenvalue weighted by Gasteiger charge is -2.36. The molecule has 184 valence electrons. The highest BCUT2D eigenvalue weighted by Gasteiger charge is 2.37. The standard InChI is InChI=1S/C29H32O6/c30-27(31)18-10-11-19-28(32)34-22-20-33-21-23-35-29(24-12-4-1-5-13-24,25-14-6-2-7-15-25)26-16-8-3-9-17-26/h1-9,12-17H,10-11,18-23H2,(H,30,31). The first-order valence-electron chi connectivity index (χ1n) is 11.9. The minimum atomic E-state index is -0.857. The van der Waals surface area contributed by atoms with Gasteiger partial charge in [0.2, 0.25) is 0 Å². The van der Waals surface area contributed by atoms with Crippen molar-refractivity contribution in [3.05, 3.63) is 108 Å². The van der Waals surface area contributed by atoms with Gasteiger partial charge in [-0.15, -0.1) is 0 Å². The molecule has 0 aromatic heterocycles. The molecule has 0 spiro atoms. The van der Waals surface area contributed by atoms with Crippen LogP contribution in [-0.4, -0.2) is 43.5 Å². The molecule has 0 radical (unpaired) electrons. The van der Waals surface area contributed by atoms with E-state index in [-0.39, 0.29) is 32.0 Å². The molecule has 0 bridgehead atoms. The van der Waals surface area contributed by atoms with E-state index in [2.05, 4.69) is 36.4 Å². The number of hydrogen-bond donors (Lipinski definition) is 1. The SMILES string of the molecule is O=C(O)CCCCC(=O)OCCOCCOC(c1ccccc1)(c1ccccc1)c1ccccc1. The Morgan fingerprint density at radius 2 is 1.09 bits per heavy atom. The highest BCUT2D eigenvalue weighted by Crippen LogP contribution is 2.40. The van der Waals surface area contributed by atoms with Crippen LogP contribution in [0.2, 0.25) is 0 Å². The van der Waals surface area contributed by atoms with Gasteiger partial charge < -0.3 is 19.3 Å². The Kier molecular flexibility index (Phi) is 10.5. The molecule has 1 N–H and O–H groups in total. The molecule has 3 aromatic rings. The number of carboxylic acid groups (broad SMARTS) is 1. The highest BCUT2D eigenvalue weighted by molar-refractivity contribution is 5.69. The van der Waals surface area contributed by atoms with Crippen molar-refractivity contribution in [2.45, 2.75) is 31.3 Å². The van der Waals surface area contributed by atoms with E-state index in [1.165, 1.54) is 0 Å². The van der Waals surface area contributed by atoms with Gasteiger partial charge in [-0.25, -0.2) is 0 Å². The van der Waals surface area contributed by atoms with E-state index in [4.69, 9.17) is 19.3 Å². The van der Waals surface area contributed by atoms with E-state index >= 15 is 0 Å². The molecule has 35 heavy (non-hydrogen) atoms. The Morgan fingerprint density at radius 3 is 1.57 bits per heavy atom. The summed E-state index contributed by atoms with van der Waals surface area (Å²) in [6, 6.07) is 30.4. The van der Waals surface area contributed by atoms with Crippen molar-refractivity contribution >= 4 is 11.9 Å². The summed E-state index contributed by atoms with van der Waals surface area (Å²) in [5, 5.41) is 8.62. The van der Waals surface area contributed by atoms with Crippen molar-refractivity contribution in [3.8, 4) is 0 Å². The number of benzene rings is 3. The monoisotopic (exact) mass is 476 g/mol. The van der Waals surface area contributed by atoms with Crippen LogP contribution in [0.15, 0.2) is 91.0 Å². The first kappa shape index (κ1) is 26.1. The summed E-state index contributed by atoms with van der Waals surface area (Å²) >= 11 is 0. The normalized spacial score (nSPS) is 11.2. The third kappa shape index (κ3) is 7.77. The number of rotatable bonds is 15. The minimum Gasteiger partial charge on any atom is -0.481 e. The maximum absolute atomic E-state index is 11.7. The number of aliphatic carboxylic acids is 1. The van der Waals surface area contributed by atoms with Gasteiger partial charge in [-0.1, -0.05) is 91.0 Å². The van der Waals surface area contributed by atoms with E-state index in [0.717, 1.165) is 16.7 Å². The van der Waals surface area contributed by atoms with Gasteiger partial charge >= 0.3 is 11.9 Å². The molecule has 3 aromatic carbocycles. The van der Waals surface area contributed by atoms with Gasteiger partial charge in [0.05, 0.1) is 19.8 Å². The molecule has 0 aliphatic carbocycles. The molecule has 3 rings (SSSR count). The maximum Gasteiger partial charge on any atom is 0.305 e. The third-order valence-electron chi connectivity index (χ3n) is 5.60. The van der Waals surface area contributed by atoms with Crippen molar-refractivity contribution in [2.24, 2.45) is 0 Å². The number of hydrogen-bond acceptors (Lipinski definition) is 5. The van der Waals surface area contributed by atoms with Gasteiger partial charge in [0, 0.05) is 12.8 Å². The van der Waals surface area contributed by atoms with Crippen LogP contribution in [0.1, 0.15) is 42.4 Å². The van der Waals surface area contributed by atoms with Crippen LogP contribution in [0.5, 0.6) is 0 Å². The van der Waals surface area contributed by atoms with Crippen LogP contribution in [0.25, 0.3) is 0 Å². The topological polar surface area (TPSA) is 82.1 Å². The van der Waals surface area contributed by atoms with Gasteiger partial charge in [0.25, 0.3) is 0 Å². The molecule has 6 nitrogen and oxygen atoms in total. The van der Waals surface area contributed by atoms with Crippen LogP contribution in [0, 0.1) is 0 Å². The van der Waals surface area contributed by atoms with Crippen molar-refractivity contribution in [1.82, 2.24) is 0 Å². The molecule has 0 atom stereocenters. The molecular formula is C29H32O6. The van der Waals surface area contributed by atoms with E-state index in [1.54, 1.807) is 0 Å². The number of carbonyl (C=O) groups excluding carboxylic acids is 1. The average Bonchev–Trinajstić information content (AvgIpc) is 2.90. The lowest BCUT2D eigenvalue weighted by molar-refractivity contribution is -0.146. The molecule has 0 unspecified atom stereocenters. The van der Waals surface area contributed by atoms with E-state index in [1.807, 2.05) is 54.6 Å². The fourth-order valence-electron chi connectivity index (χ4n) is 3.96. The lowest BCUT2D eigenvalue weighted by Crippen LogP contribution is -2.34. The smallest absolute Gasteiger partial charge is 0.305 e. The Labute approximate surface area is 206 Å². The van der Waals surface area contributed by atoms with Crippen molar-refractivity contribution in [3.63, 3.8) is 0 Å². The van der Waals surface area contributed by atoms with Crippen molar-refractivity contribution < 1.29 is 28.9 Å². The number of carbonyl (C=O) groups is 2.